The van der Waals surface area contributed by atoms with Gasteiger partial charge in [0.15, 0.2) is 0 Å². The van der Waals surface area contributed by atoms with Crippen LogP contribution in [0.4, 0.5) is 21.5 Å². The zero-order valence-electron chi connectivity index (χ0n) is 18.9. The predicted molar refractivity (Wildman–Crippen MR) is 134 cm³/mol. The maximum Gasteiger partial charge on any atom is 0.248 e. The van der Waals surface area contributed by atoms with Crippen LogP contribution in [-0.4, -0.2) is 36.9 Å². The van der Waals surface area contributed by atoms with Crippen molar-refractivity contribution in [2.45, 2.75) is 5.92 Å². The van der Waals surface area contributed by atoms with Gasteiger partial charge in [-0.2, -0.15) is 0 Å². The Hall–Kier alpha value is -3.97. The van der Waals surface area contributed by atoms with E-state index in [-0.39, 0.29) is 29.5 Å². The van der Waals surface area contributed by atoms with E-state index in [0.717, 1.165) is 17.7 Å². The third kappa shape index (κ3) is 5.68. The first-order valence-electron chi connectivity index (χ1n) is 11.1. The summed E-state index contributed by atoms with van der Waals surface area (Å²) in [5, 5.41) is 5.66. The average molecular weight is 459 g/mol. The van der Waals surface area contributed by atoms with Crippen molar-refractivity contribution < 1.29 is 14.0 Å². The Morgan fingerprint density at radius 1 is 0.971 bits per heavy atom. The van der Waals surface area contributed by atoms with Gasteiger partial charge in [-0.25, -0.2) is 4.39 Å². The number of nitrogens with two attached hydrogens (primary N) is 1. The maximum atomic E-state index is 13.2. The van der Waals surface area contributed by atoms with Gasteiger partial charge in [-0.1, -0.05) is 36.4 Å². The Morgan fingerprint density at radius 2 is 1.68 bits per heavy atom. The molecule has 1 heterocycles. The molecular weight excluding hydrogens is 431 g/mol. The number of hydrogen-bond acceptors (Lipinski definition) is 4. The van der Waals surface area contributed by atoms with Crippen molar-refractivity contribution in [1.82, 2.24) is 4.90 Å². The fourth-order valence-electron chi connectivity index (χ4n) is 4.18. The van der Waals surface area contributed by atoms with Crippen molar-refractivity contribution in [3.05, 3.63) is 95.8 Å². The Bertz CT molecular complexity index is 1190. The van der Waals surface area contributed by atoms with Crippen LogP contribution in [0.1, 0.15) is 17.0 Å². The fraction of sp³-hybridized carbons (Fsp3) is 0.185. The molecule has 0 aromatic heterocycles. The lowest BCUT2D eigenvalue weighted by Crippen LogP contribution is -2.28. The number of nitrogen functional groups attached to an aromatic ring is 1. The van der Waals surface area contributed by atoms with Gasteiger partial charge in [-0.15, -0.1) is 0 Å². The van der Waals surface area contributed by atoms with Gasteiger partial charge < -0.3 is 21.3 Å². The Morgan fingerprint density at radius 3 is 2.38 bits per heavy atom. The third-order valence-electron chi connectivity index (χ3n) is 5.96. The number of anilines is 3. The molecule has 1 fully saturated rings. The fourth-order valence-corrected chi connectivity index (χ4v) is 4.18. The summed E-state index contributed by atoms with van der Waals surface area (Å²) in [6.07, 6.45) is 3.20. The second-order valence-electron chi connectivity index (χ2n) is 8.51. The Kier molecular flexibility index (Phi) is 7.04. The van der Waals surface area contributed by atoms with Crippen LogP contribution in [0.2, 0.25) is 0 Å². The smallest absolute Gasteiger partial charge is 0.248 e. The first-order chi connectivity index (χ1) is 16.4. The molecule has 6 nitrogen and oxygen atoms in total. The summed E-state index contributed by atoms with van der Waals surface area (Å²) in [7, 11) is 1.99. The number of rotatable bonds is 6. The third-order valence-corrected chi connectivity index (χ3v) is 5.96. The second-order valence-corrected chi connectivity index (χ2v) is 8.51. The summed E-state index contributed by atoms with van der Waals surface area (Å²) in [6, 6.07) is 20.7. The summed E-state index contributed by atoms with van der Waals surface area (Å²) in [4.78, 5) is 27.3. The summed E-state index contributed by atoms with van der Waals surface area (Å²) >= 11 is 0. The molecule has 1 saturated heterocycles. The van der Waals surface area contributed by atoms with E-state index in [1.165, 1.54) is 18.2 Å². The molecule has 4 N–H and O–H groups in total. The molecule has 0 aliphatic carbocycles. The molecule has 3 aromatic rings. The van der Waals surface area contributed by atoms with E-state index in [0.29, 0.717) is 23.6 Å². The van der Waals surface area contributed by atoms with E-state index in [9.17, 15) is 14.0 Å². The van der Waals surface area contributed by atoms with Crippen LogP contribution >= 0.6 is 0 Å². The van der Waals surface area contributed by atoms with Crippen LogP contribution in [0.25, 0.3) is 6.08 Å². The van der Waals surface area contributed by atoms with E-state index in [2.05, 4.69) is 15.5 Å². The molecule has 7 heteroatoms. The van der Waals surface area contributed by atoms with Gasteiger partial charge in [-0.05, 0) is 60.6 Å². The zero-order valence-corrected chi connectivity index (χ0v) is 18.9. The van der Waals surface area contributed by atoms with E-state index in [4.69, 9.17) is 5.73 Å². The molecule has 3 aromatic carbocycles. The molecule has 2 atom stereocenters. The number of carbonyl (C=O) groups excluding carboxylic acids is 2. The molecule has 174 valence electrons. The first-order valence-corrected chi connectivity index (χ1v) is 11.1. The van der Waals surface area contributed by atoms with Crippen molar-refractivity contribution in [3.8, 4) is 0 Å². The molecule has 34 heavy (non-hydrogen) atoms. The number of likely N-dealkylation sites (tertiary alicyclic amines) is 1. The molecule has 2 amide bonds. The number of halogens is 1. The molecule has 1 aliphatic heterocycles. The number of amides is 2. The minimum absolute atomic E-state index is 0.0350. The zero-order chi connectivity index (χ0) is 24.1. The van der Waals surface area contributed by atoms with E-state index in [1.54, 1.807) is 30.3 Å². The van der Waals surface area contributed by atoms with Gasteiger partial charge >= 0.3 is 0 Å². The van der Waals surface area contributed by atoms with E-state index >= 15 is 0 Å². The number of likely N-dealkylation sites (N-methyl/N-ethyl adjacent to an activating group) is 1. The van der Waals surface area contributed by atoms with Crippen molar-refractivity contribution in [1.29, 1.82) is 0 Å². The van der Waals surface area contributed by atoms with Crippen LogP contribution in [0.3, 0.4) is 0 Å². The lowest BCUT2D eigenvalue weighted by molar-refractivity contribution is -0.119. The largest absolute Gasteiger partial charge is 0.397 e. The Balaban J connectivity index is 1.40. The number of nitrogens with one attached hydrogen (secondary N) is 2. The average Bonchev–Trinajstić information content (AvgIpc) is 3.23. The van der Waals surface area contributed by atoms with Gasteiger partial charge in [0.2, 0.25) is 11.8 Å². The number of nitrogens with zero attached hydrogens (tertiary/aromatic N) is 1. The highest BCUT2D eigenvalue weighted by Gasteiger charge is 2.37. The minimum atomic E-state index is -0.340. The Labute approximate surface area is 198 Å². The predicted octanol–water partition coefficient (Wildman–Crippen LogP) is 4.34. The first kappa shape index (κ1) is 23.2. The monoisotopic (exact) mass is 458 g/mol. The van der Waals surface area contributed by atoms with Gasteiger partial charge in [0.1, 0.15) is 5.82 Å². The SMILES string of the molecule is CN1C[C@H](C(=O)Nc2ccc(F)cc2)[C@@H](c2ccc(/C=C/C(=O)Nc3ccccc3N)cc2)C1. The van der Waals surface area contributed by atoms with Gasteiger partial charge in [0, 0.05) is 30.8 Å². The highest BCUT2D eigenvalue weighted by molar-refractivity contribution is 6.03. The molecule has 0 radical (unpaired) electrons. The van der Waals surface area contributed by atoms with Crippen LogP contribution < -0.4 is 16.4 Å². The van der Waals surface area contributed by atoms with Crippen molar-refractivity contribution in [2.24, 2.45) is 5.92 Å². The topological polar surface area (TPSA) is 87.5 Å². The van der Waals surface area contributed by atoms with Crippen LogP contribution in [0.15, 0.2) is 78.9 Å². The van der Waals surface area contributed by atoms with E-state index < -0.39 is 0 Å². The normalized spacial score (nSPS) is 18.2. The molecule has 0 spiro atoms. The number of para-hydroxylation sites is 2. The molecule has 0 unspecified atom stereocenters. The highest BCUT2D eigenvalue weighted by Crippen LogP contribution is 2.33. The van der Waals surface area contributed by atoms with Gasteiger partial charge in [0.05, 0.1) is 17.3 Å². The number of hydrogen-bond donors (Lipinski definition) is 3. The summed E-state index contributed by atoms with van der Waals surface area (Å²) in [5.74, 6) is -0.877. The highest BCUT2D eigenvalue weighted by atomic mass is 19.1. The summed E-state index contributed by atoms with van der Waals surface area (Å²) < 4.78 is 13.2. The standard InChI is InChI=1S/C27H27FN4O2/c1-32-16-22(23(17-32)27(34)30-21-13-11-20(28)12-14-21)19-9-6-18(7-10-19)8-15-26(33)31-25-5-3-2-4-24(25)29/h2-15,22-23H,16-17,29H2,1H3,(H,30,34)(H,31,33)/b15-8+/t22-,23+/m1/s1. The quantitative estimate of drug-likeness (QED) is 0.379. The molecule has 1 aliphatic rings. The van der Waals surface area contributed by atoms with Gasteiger partial charge in [-0.3, -0.25) is 9.59 Å². The number of carbonyl (C=O) groups is 2. The van der Waals surface area contributed by atoms with Crippen molar-refractivity contribution >= 4 is 35.0 Å². The van der Waals surface area contributed by atoms with Crippen LogP contribution in [0.5, 0.6) is 0 Å². The van der Waals surface area contributed by atoms with Crippen molar-refractivity contribution in [2.75, 3.05) is 36.5 Å². The van der Waals surface area contributed by atoms with Crippen molar-refractivity contribution in [3.63, 3.8) is 0 Å². The summed E-state index contributed by atoms with van der Waals surface area (Å²) in [5.41, 5.74) is 9.45. The van der Waals surface area contributed by atoms with Crippen LogP contribution in [-0.2, 0) is 9.59 Å². The van der Waals surface area contributed by atoms with E-state index in [1.807, 2.05) is 43.4 Å². The molecule has 4 rings (SSSR count). The summed E-state index contributed by atoms with van der Waals surface area (Å²) in [6.45, 7) is 1.40. The number of benzene rings is 3. The molecular formula is C27H27FN4O2. The maximum absolute atomic E-state index is 13.2. The van der Waals surface area contributed by atoms with Crippen LogP contribution in [0, 0.1) is 11.7 Å². The lowest BCUT2D eigenvalue weighted by Gasteiger charge is -2.19. The lowest BCUT2D eigenvalue weighted by atomic mass is 9.88. The molecule has 0 saturated carbocycles. The molecule has 0 bridgehead atoms. The second kappa shape index (κ2) is 10.3. The minimum Gasteiger partial charge on any atom is -0.397 e. The van der Waals surface area contributed by atoms with Gasteiger partial charge in [0.25, 0.3) is 0 Å².